The van der Waals surface area contributed by atoms with Crippen molar-refractivity contribution in [3.05, 3.63) is 23.8 Å². The maximum Gasteiger partial charge on any atom is 0.179 e. The van der Waals surface area contributed by atoms with Gasteiger partial charge in [0.25, 0.3) is 0 Å². The van der Waals surface area contributed by atoms with Crippen LogP contribution in [0.4, 0.5) is 5.69 Å². The van der Waals surface area contributed by atoms with E-state index >= 15 is 0 Å². The first-order valence-corrected chi connectivity index (χ1v) is 8.55. The van der Waals surface area contributed by atoms with Crippen molar-refractivity contribution in [3.63, 3.8) is 0 Å². The number of benzene rings is 1. The molecule has 0 saturated carbocycles. The number of hydrogen-bond acceptors (Lipinski definition) is 5. The first-order valence-electron chi connectivity index (χ1n) is 8.55. The van der Waals surface area contributed by atoms with E-state index in [4.69, 9.17) is 10.5 Å². The average Bonchev–Trinajstić information content (AvgIpc) is 2.56. The van der Waals surface area contributed by atoms with Crippen LogP contribution in [0, 0.1) is 0 Å². The summed E-state index contributed by atoms with van der Waals surface area (Å²) in [4.78, 5) is 14.8. The highest BCUT2D eigenvalue weighted by Crippen LogP contribution is 2.23. The molecule has 0 aliphatic carbocycles. The number of anilines is 1. The number of carbonyl (C=O) groups is 1. The fourth-order valence-electron chi connectivity index (χ4n) is 2.49. The monoisotopic (exact) mass is 321 g/mol. The van der Waals surface area contributed by atoms with Crippen molar-refractivity contribution < 1.29 is 9.53 Å². The topological polar surface area (TPSA) is 67.6 Å². The van der Waals surface area contributed by atoms with Crippen molar-refractivity contribution in [2.45, 2.75) is 40.2 Å². The van der Waals surface area contributed by atoms with Crippen LogP contribution in [0.3, 0.4) is 0 Å². The van der Waals surface area contributed by atoms with Crippen molar-refractivity contribution in [2.24, 2.45) is 0 Å². The van der Waals surface area contributed by atoms with Gasteiger partial charge in [-0.3, -0.25) is 4.79 Å². The Balaban J connectivity index is 2.48. The molecule has 0 aromatic heterocycles. The van der Waals surface area contributed by atoms with Crippen molar-refractivity contribution in [1.82, 2.24) is 10.2 Å². The number of nitrogens with two attached hydrogens (primary N) is 1. The van der Waals surface area contributed by atoms with E-state index in [1.165, 1.54) is 0 Å². The Kier molecular flexibility index (Phi) is 8.66. The number of Topliss-reactive ketones (excluding diaryl/α,β-unsaturated/α-hetero) is 1. The zero-order chi connectivity index (χ0) is 17.2. The van der Waals surface area contributed by atoms with Crippen LogP contribution in [0.2, 0.25) is 0 Å². The third kappa shape index (κ3) is 6.20. The van der Waals surface area contributed by atoms with E-state index in [1.54, 1.807) is 18.2 Å². The van der Waals surface area contributed by atoms with Gasteiger partial charge in [0, 0.05) is 5.56 Å². The quantitative estimate of drug-likeness (QED) is 0.372. The van der Waals surface area contributed by atoms with Gasteiger partial charge in [-0.2, -0.15) is 0 Å². The van der Waals surface area contributed by atoms with Gasteiger partial charge in [-0.15, -0.1) is 0 Å². The van der Waals surface area contributed by atoms with Gasteiger partial charge in [-0.1, -0.05) is 13.8 Å². The maximum atomic E-state index is 12.4. The van der Waals surface area contributed by atoms with Gasteiger partial charge in [0.05, 0.1) is 18.3 Å². The minimum absolute atomic E-state index is 0.0580. The number of nitrogens with zero attached hydrogens (tertiary/aromatic N) is 1. The lowest BCUT2D eigenvalue weighted by atomic mass is 10.0. The van der Waals surface area contributed by atoms with E-state index in [0.29, 0.717) is 23.6 Å². The number of carbonyl (C=O) groups excluding carboxylic acids is 1. The predicted molar refractivity (Wildman–Crippen MR) is 96.2 cm³/mol. The van der Waals surface area contributed by atoms with Crippen LogP contribution in [0.25, 0.3) is 0 Å². The third-order valence-corrected chi connectivity index (χ3v) is 3.98. The fraction of sp³-hybridized carbons (Fsp3) is 0.611. The highest BCUT2D eigenvalue weighted by Gasteiger charge is 2.15. The molecular formula is C18H31N3O2. The van der Waals surface area contributed by atoms with Crippen LogP contribution in [-0.2, 0) is 0 Å². The smallest absolute Gasteiger partial charge is 0.179 e. The van der Waals surface area contributed by atoms with Crippen LogP contribution in [0.5, 0.6) is 5.75 Å². The number of rotatable bonds is 11. The summed E-state index contributed by atoms with van der Waals surface area (Å²) in [5.74, 6) is 0.687. The second-order valence-corrected chi connectivity index (χ2v) is 5.61. The zero-order valence-corrected chi connectivity index (χ0v) is 14.9. The molecule has 1 aromatic rings. The molecule has 0 radical (unpaired) electrons. The molecule has 1 atom stereocenters. The molecule has 0 amide bonds. The normalized spacial score (nSPS) is 12.4. The Labute approximate surface area is 140 Å². The van der Waals surface area contributed by atoms with Crippen molar-refractivity contribution >= 4 is 11.5 Å². The van der Waals surface area contributed by atoms with Crippen LogP contribution < -0.4 is 15.8 Å². The summed E-state index contributed by atoms with van der Waals surface area (Å²) in [6.07, 6.45) is 1.03. The van der Waals surface area contributed by atoms with Gasteiger partial charge in [0.15, 0.2) is 5.78 Å². The SMILES string of the molecule is CCOc1ccc(C(=O)C(C)NCCCN(CC)CC)cc1N. The molecule has 1 rings (SSSR count). The highest BCUT2D eigenvalue weighted by molar-refractivity contribution is 6.00. The average molecular weight is 321 g/mol. The molecule has 0 aliphatic rings. The first-order chi connectivity index (χ1) is 11.0. The van der Waals surface area contributed by atoms with Gasteiger partial charge >= 0.3 is 0 Å². The van der Waals surface area contributed by atoms with E-state index in [2.05, 4.69) is 24.1 Å². The van der Waals surface area contributed by atoms with Gasteiger partial charge in [-0.25, -0.2) is 0 Å². The summed E-state index contributed by atoms with van der Waals surface area (Å²) in [6.45, 7) is 12.7. The Morgan fingerprint density at radius 1 is 1.30 bits per heavy atom. The molecule has 130 valence electrons. The molecule has 3 N–H and O–H groups in total. The summed E-state index contributed by atoms with van der Waals surface area (Å²) in [7, 11) is 0. The molecule has 0 bridgehead atoms. The standard InChI is InChI=1S/C18H31N3O2/c1-5-21(6-2)12-8-11-20-14(4)18(22)15-9-10-17(23-7-3)16(19)13-15/h9-10,13-14,20H,5-8,11-12,19H2,1-4H3. The molecule has 23 heavy (non-hydrogen) atoms. The molecule has 1 unspecified atom stereocenters. The second-order valence-electron chi connectivity index (χ2n) is 5.61. The summed E-state index contributed by atoms with van der Waals surface area (Å²) in [5.41, 5.74) is 7.05. The number of nitrogen functional groups attached to an aromatic ring is 1. The minimum atomic E-state index is -0.218. The Hall–Kier alpha value is -1.59. The number of nitrogens with one attached hydrogen (secondary N) is 1. The summed E-state index contributed by atoms with van der Waals surface area (Å²) in [5, 5.41) is 3.30. The van der Waals surface area contributed by atoms with Crippen molar-refractivity contribution in [1.29, 1.82) is 0 Å². The minimum Gasteiger partial charge on any atom is -0.492 e. The summed E-state index contributed by atoms with van der Waals surface area (Å²) in [6, 6.07) is 5.02. The van der Waals surface area contributed by atoms with E-state index in [0.717, 1.165) is 32.6 Å². The lowest BCUT2D eigenvalue weighted by molar-refractivity contribution is 0.0950. The van der Waals surface area contributed by atoms with Crippen LogP contribution >= 0.6 is 0 Å². The fourth-order valence-corrected chi connectivity index (χ4v) is 2.49. The van der Waals surface area contributed by atoms with Gasteiger partial charge in [0.2, 0.25) is 0 Å². The second kappa shape index (κ2) is 10.2. The Morgan fingerprint density at radius 3 is 2.57 bits per heavy atom. The number of ether oxygens (including phenoxy) is 1. The zero-order valence-electron chi connectivity index (χ0n) is 14.9. The Bertz CT molecular complexity index is 487. The number of hydrogen-bond donors (Lipinski definition) is 2. The lowest BCUT2D eigenvalue weighted by Gasteiger charge is -2.19. The van der Waals surface area contributed by atoms with E-state index in [-0.39, 0.29) is 11.8 Å². The molecule has 0 fully saturated rings. The maximum absolute atomic E-state index is 12.4. The molecule has 5 nitrogen and oxygen atoms in total. The van der Waals surface area contributed by atoms with Crippen molar-refractivity contribution in [3.8, 4) is 5.75 Å². The molecule has 0 saturated heterocycles. The Morgan fingerprint density at radius 2 is 2.00 bits per heavy atom. The van der Waals surface area contributed by atoms with E-state index < -0.39 is 0 Å². The lowest BCUT2D eigenvalue weighted by Crippen LogP contribution is -2.36. The van der Waals surface area contributed by atoms with Gasteiger partial charge < -0.3 is 20.7 Å². The predicted octanol–water partition coefficient (Wildman–Crippen LogP) is 2.56. The molecule has 0 spiro atoms. The van der Waals surface area contributed by atoms with Gasteiger partial charge in [0.1, 0.15) is 5.75 Å². The van der Waals surface area contributed by atoms with E-state index in [9.17, 15) is 4.79 Å². The number of ketones is 1. The highest BCUT2D eigenvalue weighted by atomic mass is 16.5. The molecular weight excluding hydrogens is 290 g/mol. The third-order valence-electron chi connectivity index (χ3n) is 3.98. The van der Waals surface area contributed by atoms with E-state index in [1.807, 2.05) is 13.8 Å². The largest absolute Gasteiger partial charge is 0.492 e. The summed E-state index contributed by atoms with van der Waals surface area (Å²) < 4.78 is 5.40. The van der Waals surface area contributed by atoms with Crippen molar-refractivity contribution in [2.75, 3.05) is 38.5 Å². The summed E-state index contributed by atoms with van der Waals surface area (Å²) >= 11 is 0. The van der Waals surface area contributed by atoms with Crippen LogP contribution in [-0.4, -0.2) is 49.5 Å². The van der Waals surface area contributed by atoms with Crippen LogP contribution in [0.1, 0.15) is 44.5 Å². The molecule has 5 heteroatoms. The van der Waals surface area contributed by atoms with Gasteiger partial charge in [-0.05, 0) is 64.6 Å². The molecule has 0 heterocycles. The van der Waals surface area contributed by atoms with Crippen LogP contribution in [0.15, 0.2) is 18.2 Å². The molecule has 0 aliphatic heterocycles. The molecule has 1 aromatic carbocycles. The first kappa shape index (κ1) is 19.5.